The fourth-order valence-electron chi connectivity index (χ4n) is 10.1. The fourth-order valence-corrected chi connectivity index (χ4v) is 10.1. The first-order valence-electron chi connectivity index (χ1n) is 20.7. The van der Waals surface area contributed by atoms with Gasteiger partial charge >= 0.3 is 6.09 Å². The number of ether oxygens (including phenoxy) is 1. The highest BCUT2D eigenvalue weighted by Crippen LogP contribution is 2.47. The predicted molar refractivity (Wildman–Crippen MR) is 222 cm³/mol. The Morgan fingerprint density at radius 1 is 0.776 bits per heavy atom. The average molecular weight is 774 g/mol. The molecule has 1 aliphatic carbocycles. The number of amides is 3. The number of hydrogen-bond acceptors (Lipinski definition) is 6. The van der Waals surface area contributed by atoms with Crippen molar-refractivity contribution in [1.82, 2.24) is 35.1 Å². The van der Waals surface area contributed by atoms with Gasteiger partial charge in [0, 0.05) is 12.1 Å². The van der Waals surface area contributed by atoms with Crippen molar-refractivity contribution in [2.24, 2.45) is 5.92 Å². The Bertz CT molecular complexity index is 2580. The number of carbonyl (C=O) groups is 3. The Labute approximate surface area is 336 Å². The largest absolute Gasteiger partial charge is 0.453 e. The quantitative estimate of drug-likeness (QED) is 0.148. The van der Waals surface area contributed by atoms with Crippen LogP contribution < -0.4 is 5.32 Å². The zero-order chi connectivity index (χ0) is 39.5. The highest BCUT2D eigenvalue weighted by atomic mass is 16.5. The van der Waals surface area contributed by atoms with Gasteiger partial charge in [0.1, 0.15) is 17.3 Å². The third-order valence-corrected chi connectivity index (χ3v) is 13.2. The van der Waals surface area contributed by atoms with Crippen LogP contribution in [0.25, 0.3) is 44.3 Å². The van der Waals surface area contributed by atoms with Crippen molar-refractivity contribution >= 4 is 40.0 Å². The maximum atomic E-state index is 14.2. The van der Waals surface area contributed by atoms with E-state index in [4.69, 9.17) is 14.7 Å². The number of nitrogens with one attached hydrogen (secondary N) is 3. The summed E-state index contributed by atoms with van der Waals surface area (Å²) in [5.74, 6) is 1.92. The van der Waals surface area contributed by atoms with E-state index < -0.39 is 6.09 Å². The number of H-pyrrole nitrogens is 2. The molecule has 4 aliphatic rings. The second-order valence-electron chi connectivity index (χ2n) is 16.5. The van der Waals surface area contributed by atoms with Gasteiger partial charge in [-0.2, -0.15) is 0 Å². The smallest absolute Gasteiger partial charge is 0.411 e. The normalized spacial score (nSPS) is 23.4. The van der Waals surface area contributed by atoms with Crippen LogP contribution in [0.15, 0.2) is 103 Å². The van der Waals surface area contributed by atoms with Crippen molar-refractivity contribution in [3.05, 3.63) is 120 Å². The van der Waals surface area contributed by atoms with Crippen molar-refractivity contribution in [2.45, 2.75) is 88.4 Å². The molecule has 11 heteroatoms. The Morgan fingerprint density at radius 2 is 1.40 bits per heavy atom. The fraction of sp³-hybridized carbons (Fsp3) is 0.340. The minimum Gasteiger partial charge on any atom is -0.453 e. The molecule has 0 radical (unpaired) electrons. The molecule has 11 nitrogen and oxygen atoms in total. The third-order valence-electron chi connectivity index (χ3n) is 13.2. The molecule has 4 aromatic carbocycles. The van der Waals surface area contributed by atoms with E-state index in [-0.39, 0.29) is 47.6 Å². The van der Waals surface area contributed by atoms with E-state index in [0.717, 1.165) is 87.2 Å². The Kier molecular flexibility index (Phi) is 9.10. The van der Waals surface area contributed by atoms with E-state index >= 15 is 0 Å². The summed E-state index contributed by atoms with van der Waals surface area (Å²) >= 11 is 0. The minimum atomic E-state index is -0.654. The first kappa shape index (κ1) is 36.1. The molecule has 10 rings (SSSR count). The van der Waals surface area contributed by atoms with Crippen LogP contribution in [0.1, 0.15) is 93.5 Å². The zero-order valence-electron chi connectivity index (χ0n) is 32.8. The monoisotopic (exact) mass is 773 g/mol. The number of imidazole rings is 2. The van der Waals surface area contributed by atoms with Gasteiger partial charge in [-0.3, -0.25) is 14.9 Å². The van der Waals surface area contributed by atoms with Crippen molar-refractivity contribution in [3.63, 3.8) is 0 Å². The number of alkyl carbamates (subject to hydrolysis) is 1. The molecule has 3 amide bonds. The summed E-state index contributed by atoms with van der Waals surface area (Å²) in [6.07, 6.45) is 9.05. The van der Waals surface area contributed by atoms with Gasteiger partial charge < -0.3 is 24.5 Å². The van der Waals surface area contributed by atoms with Gasteiger partial charge in [0.2, 0.25) is 5.91 Å². The topological polar surface area (TPSA) is 136 Å². The van der Waals surface area contributed by atoms with Crippen LogP contribution in [-0.2, 0) is 14.3 Å². The number of rotatable bonds is 7. The minimum absolute atomic E-state index is 0.0625. The molecule has 3 fully saturated rings. The number of nitrogens with zero attached hydrogens (tertiary/aromatic N) is 4. The maximum Gasteiger partial charge on any atom is 0.411 e. The second kappa shape index (κ2) is 14.6. The number of aromatic amines is 2. The summed E-state index contributed by atoms with van der Waals surface area (Å²) in [6, 6.07) is 31.4. The number of likely N-dealkylation sites (tertiary alicyclic amines) is 1. The number of aromatic nitrogens is 4. The number of benzene rings is 4. The second-order valence-corrected chi connectivity index (χ2v) is 16.5. The van der Waals surface area contributed by atoms with Gasteiger partial charge in [0.15, 0.2) is 0 Å². The van der Waals surface area contributed by atoms with Crippen LogP contribution in [-0.4, -0.2) is 66.8 Å². The highest BCUT2D eigenvalue weighted by Gasteiger charge is 2.47. The molecule has 2 aromatic heterocycles. The van der Waals surface area contributed by atoms with E-state index in [1.807, 2.05) is 36.1 Å². The summed E-state index contributed by atoms with van der Waals surface area (Å²) in [5, 5.41) is 2.57. The SMILES string of the molecule is COC(=O)NC1=CC[C@H]2CC[C@@H](c3nc4cc(-c5ccc(-c6ccc7[nH]c([C@@H]8C[C@H]9CCCC[C@H]9N8C(=O)[C@H](C)c8ccccc8)nc7c6)cc5)ccc4[nH]3)N2C1=O. The van der Waals surface area contributed by atoms with Crippen LogP contribution in [0.3, 0.4) is 0 Å². The lowest BCUT2D eigenvalue weighted by Crippen LogP contribution is -2.45. The summed E-state index contributed by atoms with van der Waals surface area (Å²) in [6.45, 7) is 2.04. The molecule has 3 aliphatic heterocycles. The van der Waals surface area contributed by atoms with Crippen LogP contribution >= 0.6 is 0 Å². The molecular weight excluding hydrogens is 727 g/mol. The predicted octanol–water partition coefficient (Wildman–Crippen LogP) is 9.08. The van der Waals surface area contributed by atoms with Crippen LogP contribution in [0, 0.1) is 5.92 Å². The summed E-state index contributed by atoms with van der Waals surface area (Å²) in [5.41, 5.74) is 9.24. The molecular formula is C47H47N7O4. The molecule has 5 heterocycles. The van der Waals surface area contributed by atoms with Crippen molar-refractivity contribution in [2.75, 3.05) is 7.11 Å². The van der Waals surface area contributed by atoms with E-state index in [2.05, 4.69) is 86.9 Å². The van der Waals surface area contributed by atoms with Crippen LogP contribution in [0.2, 0.25) is 0 Å². The van der Waals surface area contributed by atoms with E-state index in [0.29, 0.717) is 12.3 Å². The number of hydrogen-bond donors (Lipinski definition) is 3. The van der Waals surface area contributed by atoms with Gasteiger partial charge in [0.05, 0.1) is 47.2 Å². The Balaban J connectivity index is 0.873. The average Bonchev–Trinajstić information content (AvgIpc) is 4.07. The van der Waals surface area contributed by atoms with Crippen LogP contribution in [0.5, 0.6) is 0 Å². The molecule has 2 saturated heterocycles. The number of methoxy groups -OCH3 is 1. The molecule has 3 N–H and O–H groups in total. The lowest BCUT2D eigenvalue weighted by Gasteiger charge is -2.35. The van der Waals surface area contributed by atoms with Crippen molar-refractivity contribution < 1.29 is 19.1 Å². The molecule has 0 bridgehead atoms. The highest BCUT2D eigenvalue weighted by molar-refractivity contribution is 5.97. The number of fused-ring (bicyclic) bond motifs is 4. The lowest BCUT2D eigenvalue weighted by molar-refractivity contribution is -0.136. The zero-order valence-corrected chi connectivity index (χ0v) is 32.8. The van der Waals surface area contributed by atoms with Crippen LogP contribution in [0.4, 0.5) is 4.79 Å². The van der Waals surface area contributed by atoms with Gasteiger partial charge in [0.25, 0.3) is 5.91 Å². The number of carbonyl (C=O) groups excluding carboxylic acids is 3. The third kappa shape index (κ3) is 6.33. The van der Waals surface area contributed by atoms with E-state index in [1.165, 1.54) is 26.4 Å². The first-order chi connectivity index (χ1) is 28.3. The summed E-state index contributed by atoms with van der Waals surface area (Å²) in [7, 11) is 1.28. The molecule has 6 atom stereocenters. The standard InChI is InChI=1S/C47H47N7O4/c1-27(28-8-4-3-5-9-28)45(55)54-40-11-7-6-10-33(40)26-42(54)44-49-36-21-17-32(25-39(36)51-44)30-14-12-29(13-15-30)31-16-20-35-38(24-31)50-43(48-35)41-23-19-34-18-22-37(46(56)53(34)41)52-47(57)58-2/h3-5,8-9,12-17,20-22,24-25,27,33-34,40-42H,6-7,10-11,18-19,23,26H2,1-2H3,(H,48,50)(H,49,51)(H,52,57)/t27-,33-,34+,40-,41+,42+/m1/s1. The van der Waals surface area contributed by atoms with Gasteiger partial charge in [-0.05, 0) is 103 Å². The van der Waals surface area contributed by atoms with Gasteiger partial charge in [-0.1, -0.05) is 85.6 Å². The van der Waals surface area contributed by atoms with Gasteiger partial charge in [-0.15, -0.1) is 0 Å². The Morgan fingerprint density at radius 3 is 2.05 bits per heavy atom. The lowest BCUT2D eigenvalue weighted by atomic mass is 9.84. The molecule has 0 unspecified atom stereocenters. The molecule has 294 valence electrons. The molecule has 1 saturated carbocycles. The summed E-state index contributed by atoms with van der Waals surface area (Å²) < 4.78 is 4.72. The Hall–Kier alpha value is -6.23. The molecule has 6 aromatic rings. The van der Waals surface area contributed by atoms with Crippen molar-refractivity contribution in [3.8, 4) is 22.3 Å². The van der Waals surface area contributed by atoms with E-state index in [9.17, 15) is 14.4 Å². The maximum absolute atomic E-state index is 14.2. The molecule has 58 heavy (non-hydrogen) atoms. The molecule has 0 spiro atoms. The summed E-state index contributed by atoms with van der Waals surface area (Å²) in [4.78, 5) is 60.8. The van der Waals surface area contributed by atoms with E-state index in [1.54, 1.807) is 6.08 Å². The first-order valence-corrected chi connectivity index (χ1v) is 20.7. The van der Waals surface area contributed by atoms with Gasteiger partial charge in [-0.25, -0.2) is 14.8 Å². The van der Waals surface area contributed by atoms with Crippen molar-refractivity contribution in [1.29, 1.82) is 0 Å².